The maximum atomic E-state index is 10.2. The van der Waals surface area contributed by atoms with Crippen LogP contribution in [-0.4, -0.2) is 16.2 Å². The Kier molecular flexibility index (Phi) is 4.72. The monoisotopic (exact) mass is 319 g/mol. The zero-order chi connectivity index (χ0) is 13.8. The van der Waals surface area contributed by atoms with E-state index in [1.54, 1.807) is 12.4 Å². The van der Waals surface area contributed by atoms with Crippen LogP contribution < -0.4 is 0 Å². The maximum Gasteiger partial charge on any atom is 0.0621 e. The Labute approximate surface area is 122 Å². The molecule has 0 aliphatic rings. The number of rotatable bonds is 4. The molecular formula is C16H18BrNO. The van der Waals surface area contributed by atoms with Gasteiger partial charge >= 0.3 is 0 Å². The number of pyridine rings is 1. The Morgan fingerprint density at radius 2 is 1.79 bits per heavy atom. The number of halogens is 1. The third-order valence-electron chi connectivity index (χ3n) is 3.28. The number of hydrogen-bond acceptors (Lipinski definition) is 2. The van der Waals surface area contributed by atoms with Crippen LogP contribution in [0.15, 0.2) is 41.1 Å². The van der Waals surface area contributed by atoms with Crippen molar-refractivity contribution in [3.63, 3.8) is 0 Å². The van der Waals surface area contributed by atoms with Gasteiger partial charge in [0, 0.05) is 23.3 Å². The van der Waals surface area contributed by atoms with Crippen LogP contribution in [0.3, 0.4) is 0 Å². The second-order valence-electron chi connectivity index (χ2n) is 4.99. The molecule has 100 valence electrons. The summed E-state index contributed by atoms with van der Waals surface area (Å²) >= 11 is 3.39. The van der Waals surface area contributed by atoms with Gasteiger partial charge in [-0.05, 0) is 64.5 Å². The number of nitrogens with zero attached hydrogens (tertiary/aromatic N) is 1. The number of aryl methyl sites for hydroxylation is 2. The molecule has 2 aromatic rings. The molecule has 0 radical (unpaired) electrons. The van der Waals surface area contributed by atoms with Crippen LogP contribution in [-0.2, 0) is 12.8 Å². The van der Waals surface area contributed by atoms with Crippen LogP contribution in [0.1, 0.15) is 22.3 Å². The van der Waals surface area contributed by atoms with Crippen molar-refractivity contribution >= 4 is 15.9 Å². The van der Waals surface area contributed by atoms with Crippen molar-refractivity contribution in [3.8, 4) is 0 Å². The normalized spacial score (nSPS) is 12.4. The first-order valence-corrected chi connectivity index (χ1v) is 7.17. The number of hydrogen-bond donors (Lipinski definition) is 1. The van der Waals surface area contributed by atoms with E-state index in [4.69, 9.17) is 0 Å². The van der Waals surface area contributed by atoms with Gasteiger partial charge in [0.1, 0.15) is 0 Å². The molecular weight excluding hydrogens is 302 g/mol. The lowest BCUT2D eigenvalue weighted by molar-refractivity contribution is 0.175. The minimum absolute atomic E-state index is 0.377. The topological polar surface area (TPSA) is 33.1 Å². The van der Waals surface area contributed by atoms with Gasteiger partial charge in [0.2, 0.25) is 0 Å². The molecule has 2 rings (SSSR count). The highest BCUT2D eigenvalue weighted by Crippen LogP contribution is 2.15. The molecule has 0 saturated heterocycles. The summed E-state index contributed by atoms with van der Waals surface area (Å²) in [6.07, 6.45) is 4.47. The SMILES string of the molecule is Cc1ccc(CC(O)Cc2cncc(Br)c2)cc1C. The first-order valence-electron chi connectivity index (χ1n) is 6.38. The summed E-state index contributed by atoms with van der Waals surface area (Å²) < 4.78 is 0.948. The number of benzene rings is 1. The highest BCUT2D eigenvalue weighted by Gasteiger charge is 2.08. The Hall–Kier alpha value is -1.19. The molecule has 0 spiro atoms. The van der Waals surface area contributed by atoms with E-state index in [2.05, 4.69) is 53.0 Å². The summed E-state index contributed by atoms with van der Waals surface area (Å²) in [5.41, 5.74) is 4.78. The van der Waals surface area contributed by atoms with Crippen LogP contribution in [0.4, 0.5) is 0 Å². The van der Waals surface area contributed by atoms with Crippen LogP contribution in [0, 0.1) is 13.8 Å². The van der Waals surface area contributed by atoms with Gasteiger partial charge in [0.05, 0.1) is 6.10 Å². The molecule has 0 fully saturated rings. The molecule has 0 saturated carbocycles. The van der Waals surface area contributed by atoms with Gasteiger partial charge in [0.25, 0.3) is 0 Å². The van der Waals surface area contributed by atoms with E-state index in [0.717, 1.165) is 10.0 Å². The van der Waals surface area contributed by atoms with E-state index in [1.165, 1.54) is 16.7 Å². The van der Waals surface area contributed by atoms with E-state index < -0.39 is 0 Å². The summed E-state index contributed by atoms with van der Waals surface area (Å²) in [5, 5.41) is 10.2. The van der Waals surface area contributed by atoms with Crippen LogP contribution >= 0.6 is 15.9 Å². The Bertz CT molecular complexity index is 568. The van der Waals surface area contributed by atoms with Crippen molar-refractivity contribution in [3.05, 3.63) is 63.4 Å². The Balaban J connectivity index is 2.01. The Morgan fingerprint density at radius 3 is 2.47 bits per heavy atom. The van der Waals surface area contributed by atoms with Crippen LogP contribution in [0.5, 0.6) is 0 Å². The van der Waals surface area contributed by atoms with E-state index in [9.17, 15) is 5.11 Å². The molecule has 0 aliphatic heterocycles. The standard InChI is InChI=1S/C16H18BrNO/c1-11-3-4-13(5-12(11)2)7-16(19)8-14-6-15(17)10-18-9-14/h3-6,9-10,16,19H,7-8H2,1-2H3. The summed E-state index contributed by atoms with van der Waals surface area (Å²) in [4.78, 5) is 4.11. The molecule has 0 amide bonds. The number of aromatic nitrogens is 1. The number of aliphatic hydroxyl groups excluding tert-OH is 1. The zero-order valence-electron chi connectivity index (χ0n) is 11.2. The summed E-state index contributed by atoms with van der Waals surface area (Å²) in [6, 6.07) is 8.34. The molecule has 1 heterocycles. The van der Waals surface area contributed by atoms with Gasteiger partial charge in [-0.3, -0.25) is 4.98 Å². The molecule has 1 N–H and O–H groups in total. The molecule has 1 aromatic carbocycles. The third-order valence-corrected chi connectivity index (χ3v) is 3.71. The molecule has 3 heteroatoms. The minimum atomic E-state index is -0.377. The maximum absolute atomic E-state index is 10.2. The van der Waals surface area contributed by atoms with E-state index in [-0.39, 0.29) is 6.10 Å². The van der Waals surface area contributed by atoms with Crippen molar-refractivity contribution in [2.45, 2.75) is 32.8 Å². The largest absolute Gasteiger partial charge is 0.392 e. The predicted octanol–water partition coefficient (Wildman–Crippen LogP) is 3.61. The highest BCUT2D eigenvalue weighted by molar-refractivity contribution is 9.10. The minimum Gasteiger partial charge on any atom is -0.392 e. The van der Waals surface area contributed by atoms with Gasteiger partial charge in [-0.2, -0.15) is 0 Å². The zero-order valence-corrected chi connectivity index (χ0v) is 12.8. The lowest BCUT2D eigenvalue weighted by Gasteiger charge is -2.12. The van der Waals surface area contributed by atoms with Crippen molar-refractivity contribution in [2.75, 3.05) is 0 Å². The van der Waals surface area contributed by atoms with Gasteiger partial charge in [-0.1, -0.05) is 18.2 Å². The quantitative estimate of drug-likeness (QED) is 0.933. The average Bonchev–Trinajstić information content (AvgIpc) is 2.34. The molecule has 1 unspecified atom stereocenters. The lowest BCUT2D eigenvalue weighted by Crippen LogP contribution is -2.14. The van der Waals surface area contributed by atoms with E-state index >= 15 is 0 Å². The van der Waals surface area contributed by atoms with Crippen molar-refractivity contribution < 1.29 is 5.11 Å². The molecule has 1 atom stereocenters. The first-order chi connectivity index (χ1) is 9.04. The van der Waals surface area contributed by atoms with Crippen LogP contribution in [0.2, 0.25) is 0 Å². The molecule has 19 heavy (non-hydrogen) atoms. The van der Waals surface area contributed by atoms with Crippen molar-refractivity contribution in [1.29, 1.82) is 0 Å². The summed E-state index contributed by atoms with van der Waals surface area (Å²) in [7, 11) is 0. The van der Waals surface area contributed by atoms with Gasteiger partial charge in [0.15, 0.2) is 0 Å². The highest BCUT2D eigenvalue weighted by atomic mass is 79.9. The lowest BCUT2D eigenvalue weighted by atomic mass is 9.99. The van der Waals surface area contributed by atoms with Gasteiger partial charge in [-0.15, -0.1) is 0 Å². The van der Waals surface area contributed by atoms with Gasteiger partial charge < -0.3 is 5.11 Å². The predicted molar refractivity (Wildman–Crippen MR) is 81.3 cm³/mol. The molecule has 0 bridgehead atoms. The smallest absolute Gasteiger partial charge is 0.0621 e. The molecule has 2 nitrogen and oxygen atoms in total. The third kappa shape index (κ3) is 4.15. The average molecular weight is 320 g/mol. The fourth-order valence-electron chi connectivity index (χ4n) is 2.11. The number of aliphatic hydroxyl groups is 1. The van der Waals surface area contributed by atoms with Crippen molar-refractivity contribution in [1.82, 2.24) is 4.98 Å². The van der Waals surface area contributed by atoms with Crippen LogP contribution in [0.25, 0.3) is 0 Å². The van der Waals surface area contributed by atoms with E-state index in [0.29, 0.717) is 12.8 Å². The molecule has 0 aliphatic carbocycles. The van der Waals surface area contributed by atoms with Gasteiger partial charge in [-0.25, -0.2) is 0 Å². The fraction of sp³-hybridized carbons (Fsp3) is 0.312. The summed E-state index contributed by atoms with van der Waals surface area (Å²) in [6.45, 7) is 4.20. The molecule has 1 aromatic heterocycles. The second-order valence-corrected chi connectivity index (χ2v) is 5.91. The van der Waals surface area contributed by atoms with Crippen molar-refractivity contribution in [2.24, 2.45) is 0 Å². The fourth-order valence-corrected chi connectivity index (χ4v) is 2.53. The summed E-state index contributed by atoms with van der Waals surface area (Å²) in [5.74, 6) is 0. The first kappa shape index (κ1) is 14.2. The Morgan fingerprint density at radius 1 is 1.05 bits per heavy atom. The van der Waals surface area contributed by atoms with E-state index in [1.807, 2.05) is 6.07 Å². The second kappa shape index (κ2) is 6.31.